The molecule has 1 aliphatic rings. The maximum atomic E-state index is 14.8. The lowest BCUT2D eigenvalue weighted by Crippen LogP contribution is -2.59. The third-order valence-electron chi connectivity index (χ3n) is 5.02. The molecule has 1 aliphatic heterocycles. The van der Waals surface area contributed by atoms with Gasteiger partial charge in [-0.3, -0.25) is 19.4 Å². The number of carbonyl (C=O) groups is 3. The van der Waals surface area contributed by atoms with Crippen LogP contribution in [0, 0.1) is 6.92 Å². The molecule has 2 aromatic carbocycles. The third kappa shape index (κ3) is 5.26. The first-order chi connectivity index (χ1) is 15.2. The van der Waals surface area contributed by atoms with Crippen LogP contribution in [0.1, 0.15) is 23.1 Å². The van der Waals surface area contributed by atoms with Crippen molar-refractivity contribution in [3.05, 3.63) is 68.2 Å². The lowest BCUT2D eigenvalue weighted by molar-refractivity contribution is -0.149. The number of benzene rings is 2. The van der Waals surface area contributed by atoms with Gasteiger partial charge in [0, 0.05) is 16.1 Å². The highest BCUT2D eigenvalue weighted by molar-refractivity contribution is 6.42. The molecule has 1 fully saturated rings. The second-order valence-corrected chi connectivity index (χ2v) is 8.64. The van der Waals surface area contributed by atoms with Crippen molar-refractivity contribution >= 4 is 52.6 Å². The number of aryl methyl sites for hydroxylation is 1. The Hall–Kier alpha value is -2.36. The quantitative estimate of drug-likeness (QED) is 0.342. The van der Waals surface area contributed by atoms with Crippen LogP contribution in [0.5, 0.6) is 0 Å². The van der Waals surface area contributed by atoms with E-state index in [1.54, 1.807) is 6.92 Å². The Morgan fingerprint density at radius 1 is 0.758 bits per heavy atom. The van der Waals surface area contributed by atoms with E-state index in [9.17, 15) is 31.9 Å². The molecule has 0 unspecified atom stereocenters. The number of hydrogen-bond donors (Lipinski definition) is 0. The van der Waals surface area contributed by atoms with Gasteiger partial charge in [-0.05, 0) is 30.7 Å². The number of halogens is 7. The van der Waals surface area contributed by atoms with Crippen molar-refractivity contribution in [3.63, 3.8) is 0 Å². The summed E-state index contributed by atoms with van der Waals surface area (Å²) in [6.07, 6.45) is -1.02. The molecule has 2 aromatic rings. The Morgan fingerprint density at radius 2 is 1.21 bits per heavy atom. The average Bonchev–Trinajstić information content (AvgIpc) is 2.72. The highest BCUT2D eigenvalue weighted by atomic mass is 35.5. The molecule has 0 radical (unpaired) electrons. The third-order valence-corrected chi connectivity index (χ3v) is 6.16. The van der Waals surface area contributed by atoms with Crippen molar-refractivity contribution in [2.45, 2.75) is 25.2 Å². The van der Waals surface area contributed by atoms with E-state index in [1.807, 2.05) is 0 Å². The normalized spacial score (nSPS) is 15.5. The zero-order valence-corrected chi connectivity index (χ0v) is 19.1. The Morgan fingerprint density at radius 3 is 1.67 bits per heavy atom. The Labute approximate surface area is 200 Å². The SMILES string of the molecule is Cc1ccc(C(F)(F)CN2C(=O)CC(=O)N(CC(F)(F)c3ccc(Cl)c(Cl)c3)C2=O)cc1Cl. The molecule has 12 heteroatoms. The fraction of sp³-hybridized carbons (Fsp3) is 0.286. The van der Waals surface area contributed by atoms with E-state index in [0.717, 1.165) is 30.3 Å². The van der Waals surface area contributed by atoms with Crippen LogP contribution in [0.25, 0.3) is 0 Å². The number of nitrogens with zero attached hydrogens (tertiary/aromatic N) is 2. The molecule has 3 rings (SSSR count). The monoisotopic (exact) mass is 524 g/mol. The van der Waals surface area contributed by atoms with Gasteiger partial charge in [0.15, 0.2) is 0 Å². The molecular weight excluding hydrogens is 511 g/mol. The van der Waals surface area contributed by atoms with Crippen LogP contribution in [-0.2, 0) is 21.4 Å². The largest absolute Gasteiger partial charge is 0.333 e. The molecule has 0 atom stereocenters. The summed E-state index contributed by atoms with van der Waals surface area (Å²) in [5.74, 6) is -10.0. The summed E-state index contributed by atoms with van der Waals surface area (Å²) in [5, 5.41) is -0.128. The predicted octanol–water partition coefficient (Wildman–Crippen LogP) is 6.02. The lowest BCUT2D eigenvalue weighted by Gasteiger charge is -2.36. The number of alkyl halides is 4. The summed E-state index contributed by atoms with van der Waals surface area (Å²) in [4.78, 5) is 37.2. The number of urea groups is 1. The topological polar surface area (TPSA) is 57.7 Å². The minimum absolute atomic E-state index is 0.0107. The zero-order valence-electron chi connectivity index (χ0n) is 16.9. The molecule has 0 saturated carbocycles. The Bertz CT molecular complexity index is 1060. The number of barbiturate groups is 1. The standard InChI is InChI=1S/C21H15Cl3F4N2O3/c1-11-2-3-12(6-15(11)23)20(25,26)9-29-17(31)8-18(32)30(19(29)33)10-21(27,28)13-4-5-14(22)16(24)7-13/h2-7H,8-10H2,1H3. The number of rotatable bonds is 6. The maximum absolute atomic E-state index is 14.8. The molecule has 0 bridgehead atoms. The summed E-state index contributed by atoms with van der Waals surface area (Å²) >= 11 is 17.4. The fourth-order valence-corrected chi connectivity index (χ4v) is 3.59. The van der Waals surface area contributed by atoms with E-state index in [-0.39, 0.29) is 24.9 Å². The van der Waals surface area contributed by atoms with Crippen molar-refractivity contribution in [3.8, 4) is 0 Å². The number of amides is 4. The van der Waals surface area contributed by atoms with Crippen molar-refractivity contribution in [2.24, 2.45) is 0 Å². The van der Waals surface area contributed by atoms with E-state index in [1.165, 1.54) is 6.07 Å². The molecule has 1 heterocycles. The van der Waals surface area contributed by atoms with Gasteiger partial charge in [0.05, 0.1) is 23.1 Å². The van der Waals surface area contributed by atoms with E-state index < -0.39 is 60.3 Å². The van der Waals surface area contributed by atoms with Crippen molar-refractivity contribution in [1.29, 1.82) is 0 Å². The second-order valence-electron chi connectivity index (χ2n) is 7.42. The lowest BCUT2D eigenvalue weighted by atomic mass is 10.0. The van der Waals surface area contributed by atoms with Gasteiger partial charge in [0.2, 0.25) is 11.8 Å². The molecule has 4 amide bonds. The van der Waals surface area contributed by atoms with Gasteiger partial charge in [-0.2, -0.15) is 17.6 Å². The van der Waals surface area contributed by atoms with E-state index in [4.69, 9.17) is 34.8 Å². The first-order valence-electron chi connectivity index (χ1n) is 9.35. The van der Waals surface area contributed by atoms with Gasteiger partial charge in [-0.15, -0.1) is 0 Å². The minimum atomic E-state index is -3.79. The first-order valence-corrected chi connectivity index (χ1v) is 10.5. The highest BCUT2D eigenvalue weighted by Gasteiger charge is 2.47. The zero-order chi connectivity index (χ0) is 24.7. The molecule has 0 spiro atoms. The van der Waals surface area contributed by atoms with Crippen LogP contribution in [0.3, 0.4) is 0 Å². The molecule has 0 N–H and O–H groups in total. The van der Waals surface area contributed by atoms with Gasteiger partial charge in [0.25, 0.3) is 11.8 Å². The van der Waals surface area contributed by atoms with Gasteiger partial charge in [-0.25, -0.2) is 4.79 Å². The molecule has 0 aromatic heterocycles. The number of imide groups is 2. The predicted molar refractivity (Wildman–Crippen MR) is 114 cm³/mol. The van der Waals surface area contributed by atoms with E-state index >= 15 is 0 Å². The van der Waals surface area contributed by atoms with E-state index in [2.05, 4.69) is 0 Å². The summed E-state index contributed by atoms with van der Waals surface area (Å²) in [6, 6.07) is 4.73. The Balaban J connectivity index is 1.85. The van der Waals surface area contributed by atoms with Crippen molar-refractivity contribution < 1.29 is 31.9 Å². The first kappa shape index (κ1) is 25.3. The molecule has 33 heavy (non-hydrogen) atoms. The van der Waals surface area contributed by atoms with Crippen LogP contribution in [0.4, 0.5) is 22.4 Å². The van der Waals surface area contributed by atoms with Crippen LogP contribution < -0.4 is 0 Å². The average molecular weight is 526 g/mol. The summed E-state index contributed by atoms with van der Waals surface area (Å²) in [7, 11) is 0. The Kier molecular flexibility index (Phi) is 6.98. The van der Waals surface area contributed by atoms with Gasteiger partial charge in [-0.1, -0.05) is 53.0 Å². The minimum Gasteiger partial charge on any atom is -0.274 e. The smallest absolute Gasteiger partial charge is 0.274 e. The maximum Gasteiger partial charge on any atom is 0.333 e. The van der Waals surface area contributed by atoms with Gasteiger partial charge >= 0.3 is 6.03 Å². The van der Waals surface area contributed by atoms with Crippen LogP contribution in [0.2, 0.25) is 15.1 Å². The molecule has 1 saturated heterocycles. The van der Waals surface area contributed by atoms with Crippen molar-refractivity contribution in [1.82, 2.24) is 9.80 Å². The highest BCUT2D eigenvalue weighted by Crippen LogP contribution is 2.36. The van der Waals surface area contributed by atoms with Crippen LogP contribution in [-0.4, -0.2) is 40.7 Å². The van der Waals surface area contributed by atoms with Gasteiger partial charge < -0.3 is 0 Å². The fourth-order valence-electron chi connectivity index (χ4n) is 3.11. The number of hydrogen-bond acceptors (Lipinski definition) is 3. The summed E-state index contributed by atoms with van der Waals surface area (Å²) in [6.45, 7) is -1.33. The van der Waals surface area contributed by atoms with E-state index in [0.29, 0.717) is 5.56 Å². The van der Waals surface area contributed by atoms with Crippen LogP contribution >= 0.6 is 34.8 Å². The molecule has 176 valence electrons. The molecule has 0 aliphatic carbocycles. The van der Waals surface area contributed by atoms with Gasteiger partial charge in [0.1, 0.15) is 6.42 Å². The number of carbonyl (C=O) groups excluding carboxylic acids is 3. The second kappa shape index (κ2) is 9.12. The summed E-state index contributed by atoms with van der Waals surface area (Å²) < 4.78 is 59.2. The van der Waals surface area contributed by atoms with Crippen molar-refractivity contribution in [2.75, 3.05) is 13.1 Å². The van der Waals surface area contributed by atoms with Crippen LogP contribution in [0.15, 0.2) is 36.4 Å². The molecule has 5 nitrogen and oxygen atoms in total. The molecular formula is C21H15Cl3F4N2O3. The summed E-state index contributed by atoms with van der Waals surface area (Å²) in [5.41, 5.74) is -0.702.